The first-order chi connectivity index (χ1) is 22.0. The molecule has 2 aliphatic rings. The van der Waals surface area contributed by atoms with Crippen LogP contribution < -0.4 is 21.7 Å². The van der Waals surface area contributed by atoms with Crippen LogP contribution in [0.25, 0.3) is 0 Å². The summed E-state index contributed by atoms with van der Waals surface area (Å²) >= 11 is 2.80. The van der Waals surface area contributed by atoms with E-state index in [2.05, 4.69) is 16.0 Å². The molecule has 0 radical (unpaired) electrons. The van der Waals surface area contributed by atoms with Crippen molar-refractivity contribution in [3.8, 4) is 0 Å². The average molecular weight is 699 g/mol. The second-order valence-corrected chi connectivity index (χ2v) is 15.8. The minimum atomic E-state index is -1.19. The molecule has 0 saturated heterocycles. The monoisotopic (exact) mass is 698 g/mol. The number of carbonyl (C=O) groups excluding carboxylic acids is 3. The van der Waals surface area contributed by atoms with Gasteiger partial charge >= 0.3 is 17.9 Å². The summed E-state index contributed by atoms with van der Waals surface area (Å²) < 4.78 is 0. The molecule has 0 aromatic carbocycles. The van der Waals surface area contributed by atoms with Crippen LogP contribution in [0.3, 0.4) is 0 Å². The molecule has 2 saturated carbocycles. The summed E-state index contributed by atoms with van der Waals surface area (Å²) in [5.74, 6) is -3.28. The summed E-state index contributed by atoms with van der Waals surface area (Å²) in [5, 5.41) is 35.8. The molecule has 2 aliphatic carbocycles. The SMILES string of the molecule is CC1(C)C[C@@H]1C(=O)N/C(=C\CCCCSC[C@H](NC(=O)[C@@H](N)CSCCCC/C=C(\NC(=O)[C@H]1CC1(C)C)C(=O)O)C(=O)O)C(=O)O. The van der Waals surface area contributed by atoms with E-state index in [0.29, 0.717) is 49.4 Å². The van der Waals surface area contributed by atoms with Crippen LogP contribution in [-0.4, -0.2) is 86.0 Å². The summed E-state index contributed by atoms with van der Waals surface area (Å²) in [7, 11) is 0. The number of amides is 3. The fourth-order valence-electron chi connectivity index (χ4n) is 4.78. The third-order valence-electron chi connectivity index (χ3n) is 8.35. The zero-order valence-electron chi connectivity index (χ0n) is 27.6. The molecule has 0 unspecified atom stereocenters. The second-order valence-electron chi connectivity index (χ2n) is 13.5. The van der Waals surface area contributed by atoms with Crippen LogP contribution in [0.15, 0.2) is 23.5 Å². The van der Waals surface area contributed by atoms with Crippen molar-refractivity contribution in [1.82, 2.24) is 16.0 Å². The fourth-order valence-corrected chi connectivity index (χ4v) is 6.80. The van der Waals surface area contributed by atoms with Crippen LogP contribution >= 0.6 is 23.5 Å². The van der Waals surface area contributed by atoms with Crippen molar-refractivity contribution in [3.05, 3.63) is 23.5 Å². The van der Waals surface area contributed by atoms with Gasteiger partial charge in [-0.2, -0.15) is 23.5 Å². The Hall–Kier alpha value is -3.04. The number of nitrogens with one attached hydrogen (secondary N) is 3. The summed E-state index contributed by atoms with van der Waals surface area (Å²) in [5.41, 5.74) is 5.53. The van der Waals surface area contributed by atoms with Gasteiger partial charge < -0.3 is 37.0 Å². The van der Waals surface area contributed by atoms with Crippen LogP contribution in [0.4, 0.5) is 0 Å². The fraction of sp³-hybridized carbons (Fsp3) is 0.688. The van der Waals surface area contributed by atoms with E-state index in [9.17, 15) is 44.1 Å². The lowest BCUT2D eigenvalue weighted by atomic mass is 10.1. The number of hydrogen-bond acceptors (Lipinski definition) is 9. The van der Waals surface area contributed by atoms with Crippen molar-refractivity contribution < 1.29 is 44.1 Å². The van der Waals surface area contributed by atoms with Crippen molar-refractivity contribution in [2.45, 2.75) is 91.1 Å². The summed E-state index contributed by atoms with van der Waals surface area (Å²) in [4.78, 5) is 71.5. The van der Waals surface area contributed by atoms with Gasteiger partial charge in [0, 0.05) is 23.3 Å². The molecule has 264 valence electrons. The predicted octanol–water partition coefficient (Wildman–Crippen LogP) is 2.95. The number of carbonyl (C=O) groups is 6. The number of carboxylic acids is 3. The highest BCUT2D eigenvalue weighted by Crippen LogP contribution is 2.52. The quantitative estimate of drug-likeness (QED) is 0.0604. The number of nitrogens with two attached hydrogens (primary N) is 1. The van der Waals surface area contributed by atoms with Crippen molar-refractivity contribution in [1.29, 1.82) is 0 Å². The minimum Gasteiger partial charge on any atom is -0.480 e. The van der Waals surface area contributed by atoms with E-state index in [4.69, 9.17) is 5.73 Å². The molecule has 0 bridgehead atoms. The lowest BCUT2D eigenvalue weighted by Crippen LogP contribution is -2.50. The molecule has 0 heterocycles. The van der Waals surface area contributed by atoms with Crippen LogP contribution in [0.1, 0.15) is 79.1 Å². The van der Waals surface area contributed by atoms with Crippen LogP contribution in [0.5, 0.6) is 0 Å². The Morgan fingerprint density at radius 1 is 0.745 bits per heavy atom. The number of unbranched alkanes of at least 4 members (excludes halogenated alkanes) is 4. The molecule has 0 aromatic rings. The normalized spacial score (nSPS) is 20.8. The smallest absolute Gasteiger partial charge is 0.352 e. The maximum Gasteiger partial charge on any atom is 0.352 e. The number of hydrogen-bond donors (Lipinski definition) is 7. The van der Waals surface area contributed by atoms with Crippen LogP contribution in [0, 0.1) is 22.7 Å². The Bertz CT molecular complexity index is 1230. The van der Waals surface area contributed by atoms with E-state index in [-0.39, 0.29) is 51.6 Å². The first-order valence-corrected chi connectivity index (χ1v) is 18.2. The Labute approximate surface area is 284 Å². The molecule has 0 aromatic heterocycles. The van der Waals surface area contributed by atoms with Gasteiger partial charge in [0.1, 0.15) is 17.4 Å². The van der Waals surface area contributed by atoms with Crippen molar-refractivity contribution in [2.24, 2.45) is 28.4 Å². The van der Waals surface area contributed by atoms with E-state index in [0.717, 1.165) is 19.3 Å². The lowest BCUT2D eigenvalue weighted by molar-refractivity contribution is -0.141. The highest BCUT2D eigenvalue weighted by Gasteiger charge is 2.51. The third-order valence-corrected chi connectivity index (χ3v) is 10.7. The molecule has 0 aliphatic heterocycles. The summed E-state index contributed by atoms with van der Waals surface area (Å²) in [6, 6.07) is -2.00. The van der Waals surface area contributed by atoms with Gasteiger partial charge in [-0.15, -0.1) is 0 Å². The Morgan fingerprint density at radius 3 is 1.51 bits per heavy atom. The van der Waals surface area contributed by atoms with Crippen LogP contribution in [-0.2, 0) is 28.8 Å². The molecular weight excluding hydrogens is 649 g/mol. The van der Waals surface area contributed by atoms with Crippen molar-refractivity contribution in [2.75, 3.05) is 23.0 Å². The first kappa shape index (κ1) is 40.1. The molecule has 8 N–H and O–H groups in total. The van der Waals surface area contributed by atoms with E-state index >= 15 is 0 Å². The van der Waals surface area contributed by atoms with Gasteiger partial charge in [-0.1, -0.05) is 39.8 Å². The van der Waals surface area contributed by atoms with Gasteiger partial charge in [-0.25, -0.2) is 14.4 Å². The highest BCUT2D eigenvalue weighted by atomic mass is 32.2. The van der Waals surface area contributed by atoms with Gasteiger partial charge in [-0.05, 0) is 73.7 Å². The average Bonchev–Trinajstić information content (AvgIpc) is 3.84. The molecule has 15 heteroatoms. The standard InChI is InChI=1S/C32H50N4O9S2/c1-31(2)15-19(31)25(37)34-22(28(40)41)11-7-5-9-13-46-17-21(33)27(39)36-24(30(44)45)18-47-14-10-6-8-12-23(29(42)43)35-26(38)20-16-32(20,3)4/h11-12,19-21,24H,5-10,13-18,33H2,1-4H3,(H,34,37)(H,35,38)(H,36,39)(H,40,41)(H,42,43)(H,44,45)/b22-11-,23-12-/t19-,20-,21+,24+/m1/s1. The molecule has 0 spiro atoms. The van der Waals surface area contributed by atoms with E-state index < -0.39 is 35.9 Å². The van der Waals surface area contributed by atoms with Gasteiger partial charge in [0.25, 0.3) is 0 Å². The van der Waals surface area contributed by atoms with E-state index in [1.807, 2.05) is 27.7 Å². The van der Waals surface area contributed by atoms with E-state index in [1.54, 1.807) is 0 Å². The molecule has 13 nitrogen and oxygen atoms in total. The number of allylic oxidation sites excluding steroid dienone is 2. The van der Waals surface area contributed by atoms with Crippen molar-refractivity contribution >= 4 is 59.2 Å². The number of aliphatic carboxylic acids is 3. The summed E-state index contributed by atoms with van der Waals surface area (Å²) in [6.45, 7) is 7.85. The zero-order chi connectivity index (χ0) is 35.4. The number of carboxylic acid groups (broad SMARTS) is 3. The molecule has 3 amide bonds. The van der Waals surface area contributed by atoms with Gasteiger partial charge in [0.05, 0.1) is 6.04 Å². The minimum absolute atomic E-state index is 0.0947. The van der Waals surface area contributed by atoms with Gasteiger partial charge in [0.2, 0.25) is 17.7 Å². The van der Waals surface area contributed by atoms with Gasteiger partial charge in [-0.3, -0.25) is 14.4 Å². The van der Waals surface area contributed by atoms with E-state index in [1.165, 1.54) is 35.7 Å². The highest BCUT2D eigenvalue weighted by molar-refractivity contribution is 7.99. The number of thioether (sulfide) groups is 2. The lowest BCUT2D eigenvalue weighted by Gasteiger charge is -2.17. The Balaban J connectivity index is 1.60. The second kappa shape index (κ2) is 18.5. The molecule has 2 fully saturated rings. The van der Waals surface area contributed by atoms with Crippen LogP contribution in [0.2, 0.25) is 0 Å². The first-order valence-electron chi connectivity index (χ1n) is 15.9. The maximum absolute atomic E-state index is 12.5. The zero-order valence-corrected chi connectivity index (χ0v) is 29.3. The third kappa shape index (κ3) is 14.3. The molecule has 4 atom stereocenters. The molecule has 2 rings (SSSR count). The van der Waals surface area contributed by atoms with Crippen molar-refractivity contribution in [3.63, 3.8) is 0 Å². The Morgan fingerprint density at radius 2 is 1.15 bits per heavy atom. The molecular formula is C32H50N4O9S2. The number of rotatable bonds is 23. The van der Waals surface area contributed by atoms with Gasteiger partial charge in [0.15, 0.2) is 0 Å². The topological polar surface area (TPSA) is 225 Å². The molecule has 47 heavy (non-hydrogen) atoms. The summed E-state index contributed by atoms with van der Waals surface area (Å²) in [6.07, 6.45) is 8.13. The predicted molar refractivity (Wildman–Crippen MR) is 181 cm³/mol. The Kier molecular flexibility index (Phi) is 15.8. The largest absolute Gasteiger partial charge is 0.480 e. The maximum atomic E-state index is 12.5.